The zero-order chi connectivity index (χ0) is 22.1. The second-order valence-electron chi connectivity index (χ2n) is 8.11. The van der Waals surface area contributed by atoms with Crippen LogP contribution in [0.1, 0.15) is 50.9 Å². The Morgan fingerprint density at radius 3 is 2.50 bits per heavy atom. The smallest absolute Gasteiger partial charge is 0.408 e. The van der Waals surface area contributed by atoms with Crippen molar-refractivity contribution in [1.29, 1.82) is 0 Å². The number of unbranched alkanes of at least 4 members (excludes halogenated alkanes) is 1. The number of benzene rings is 1. The summed E-state index contributed by atoms with van der Waals surface area (Å²) in [6, 6.07) is 7.60. The summed E-state index contributed by atoms with van der Waals surface area (Å²) in [5.74, 6) is -0.891. The van der Waals surface area contributed by atoms with Crippen LogP contribution in [0.15, 0.2) is 30.3 Å². The molecule has 0 unspecified atom stereocenters. The minimum absolute atomic E-state index is 0.0234. The molecule has 0 saturated carbocycles. The highest BCUT2D eigenvalue weighted by molar-refractivity contribution is 5.90. The zero-order valence-electron chi connectivity index (χ0n) is 18.0. The van der Waals surface area contributed by atoms with Crippen molar-refractivity contribution in [3.8, 4) is 0 Å². The van der Waals surface area contributed by atoms with Crippen LogP contribution in [0.25, 0.3) is 0 Å². The van der Waals surface area contributed by atoms with Crippen LogP contribution >= 0.6 is 0 Å². The van der Waals surface area contributed by atoms with E-state index in [1.165, 1.54) is 0 Å². The topological polar surface area (TPSA) is 100 Å². The minimum Gasteiger partial charge on any atom is -0.454 e. The highest BCUT2D eigenvalue weighted by atomic mass is 16.6. The summed E-state index contributed by atoms with van der Waals surface area (Å²) < 4.78 is 21.8. The normalized spacial score (nSPS) is 21.1. The average Bonchev–Trinajstić information content (AvgIpc) is 3.06. The number of hydrogen-bond acceptors (Lipinski definition) is 7. The minimum atomic E-state index is -0.993. The van der Waals surface area contributed by atoms with Gasteiger partial charge in [-0.25, -0.2) is 9.59 Å². The van der Waals surface area contributed by atoms with Crippen molar-refractivity contribution in [1.82, 2.24) is 5.32 Å². The summed E-state index contributed by atoms with van der Waals surface area (Å²) >= 11 is 0. The monoisotopic (exact) mass is 421 g/mol. The number of ketones is 1. The van der Waals surface area contributed by atoms with Crippen molar-refractivity contribution in [3.05, 3.63) is 35.9 Å². The molecule has 1 aliphatic heterocycles. The Kier molecular flexibility index (Phi) is 8.80. The molecule has 0 aromatic heterocycles. The highest BCUT2D eigenvalue weighted by Crippen LogP contribution is 2.21. The second-order valence-corrected chi connectivity index (χ2v) is 8.11. The summed E-state index contributed by atoms with van der Waals surface area (Å²) in [5, 5.41) is 2.64. The maximum absolute atomic E-state index is 12.6. The molecular formula is C22H31NO7. The van der Waals surface area contributed by atoms with Crippen molar-refractivity contribution in [2.24, 2.45) is 0 Å². The lowest BCUT2D eigenvalue weighted by Crippen LogP contribution is -2.52. The number of esters is 1. The fourth-order valence-corrected chi connectivity index (χ4v) is 2.89. The van der Waals surface area contributed by atoms with E-state index in [9.17, 15) is 14.4 Å². The van der Waals surface area contributed by atoms with Gasteiger partial charge in [0.05, 0.1) is 12.2 Å². The zero-order valence-corrected chi connectivity index (χ0v) is 18.0. The van der Waals surface area contributed by atoms with Gasteiger partial charge in [0.1, 0.15) is 30.5 Å². The van der Waals surface area contributed by atoms with Gasteiger partial charge < -0.3 is 24.3 Å². The van der Waals surface area contributed by atoms with Gasteiger partial charge in [0.25, 0.3) is 0 Å². The fourth-order valence-electron chi connectivity index (χ4n) is 2.89. The molecule has 1 heterocycles. The molecule has 30 heavy (non-hydrogen) atoms. The first kappa shape index (κ1) is 23.8. The lowest BCUT2D eigenvalue weighted by molar-refractivity contribution is -0.133. The number of Topliss-reactive ketones (excluding diaryl/α,β-unsaturated/α-hetero) is 1. The van der Waals surface area contributed by atoms with Gasteiger partial charge in [-0.05, 0) is 39.3 Å². The molecule has 166 valence electrons. The van der Waals surface area contributed by atoms with Gasteiger partial charge in [-0.15, -0.1) is 0 Å². The van der Waals surface area contributed by atoms with Gasteiger partial charge in [-0.2, -0.15) is 0 Å². The van der Waals surface area contributed by atoms with E-state index in [0.717, 1.165) is 12.8 Å². The van der Waals surface area contributed by atoms with Crippen molar-refractivity contribution in [3.63, 3.8) is 0 Å². The molecule has 1 fully saturated rings. The number of carbonyl (C=O) groups is 3. The first-order valence-electron chi connectivity index (χ1n) is 10.2. The summed E-state index contributed by atoms with van der Waals surface area (Å²) in [5.41, 5.74) is -0.353. The molecule has 0 spiro atoms. The van der Waals surface area contributed by atoms with Crippen molar-refractivity contribution >= 4 is 17.8 Å². The summed E-state index contributed by atoms with van der Waals surface area (Å²) in [6.07, 6.45) is -0.754. The molecule has 0 aliphatic carbocycles. The Hall–Kier alpha value is -2.45. The van der Waals surface area contributed by atoms with Crippen molar-refractivity contribution in [2.45, 2.75) is 64.4 Å². The SMILES string of the molecule is CCCCOCC(=O)[C@H]1OC[C@H](OC(=O)c2ccccc2)[C@H]1NC(=O)OC(C)(C)C. The lowest BCUT2D eigenvalue weighted by Gasteiger charge is -2.26. The predicted molar refractivity (Wildman–Crippen MR) is 109 cm³/mol. The molecular weight excluding hydrogens is 390 g/mol. The molecule has 1 saturated heterocycles. The van der Waals surface area contributed by atoms with E-state index in [-0.39, 0.29) is 19.0 Å². The number of carbonyl (C=O) groups excluding carboxylic acids is 3. The molecule has 2 rings (SSSR count). The van der Waals surface area contributed by atoms with E-state index in [2.05, 4.69) is 5.32 Å². The Labute approximate surface area is 177 Å². The standard InChI is InChI=1S/C22H31NO7/c1-5-6-12-27-13-16(24)19-18(23-21(26)30-22(2,3)4)17(14-28-19)29-20(25)15-10-8-7-9-11-15/h7-11,17-19H,5-6,12-14H2,1-4H3,(H,23,26)/t17-,18+,19+/m0/s1. The van der Waals surface area contributed by atoms with Gasteiger partial charge in [0.2, 0.25) is 0 Å². The van der Waals surface area contributed by atoms with Gasteiger partial charge in [0.15, 0.2) is 5.78 Å². The number of alkyl carbamates (subject to hydrolysis) is 1. The summed E-state index contributed by atoms with van der Waals surface area (Å²) in [4.78, 5) is 37.4. The van der Waals surface area contributed by atoms with Gasteiger partial charge in [-0.3, -0.25) is 4.79 Å². The largest absolute Gasteiger partial charge is 0.454 e. The number of ether oxygens (including phenoxy) is 4. The number of amides is 1. The Balaban J connectivity index is 2.08. The summed E-state index contributed by atoms with van der Waals surface area (Å²) in [6.45, 7) is 7.52. The molecule has 1 amide bonds. The van der Waals surface area contributed by atoms with Gasteiger partial charge in [0, 0.05) is 6.61 Å². The molecule has 1 aliphatic rings. The maximum Gasteiger partial charge on any atom is 0.408 e. The second kappa shape index (κ2) is 11.1. The van der Waals surface area contributed by atoms with E-state index in [4.69, 9.17) is 18.9 Å². The summed E-state index contributed by atoms with van der Waals surface area (Å²) in [7, 11) is 0. The van der Waals surface area contributed by atoms with Crippen molar-refractivity contribution in [2.75, 3.05) is 19.8 Å². The predicted octanol–water partition coefficient (Wildman–Crippen LogP) is 2.89. The van der Waals surface area contributed by atoms with E-state index in [0.29, 0.717) is 12.2 Å². The molecule has 8 heteroatoms. The first-order chi connectivity index (χ1) is 14.2. The lowest BCUT2D eigenvalue weighted by atomic mass is 10.0. The maximum atomic E-state index is 12.6. The first-order valence-corrected chi connectivity index (χ1v) is 10.2. The third-order valence-electron chi connectivity index (χ3n) is 4.32. The molecule has 0 bridgehead atoms. The van der Waals surface area contributed by atoms with Crippen LogP contribution < -0.4 is 5.32 Å². The Bertz CT molecular complexity index is 714. The highest BCUT2D eigenvalue weighted by Gasteiger charge is 2.45. The van der Waals surface area contributed by atoms with Crippen LogP contribution in [-0.4, -0.2) is 61.5 Å². The van der Waals surface area contributed by atoms with E-state index >= 15 is 0 Å². The molecule has 8 nitrogen and oxygen atoms in total. The molecule has 0 radical (unpaired) electrons. The Morgan fingerprint density at radius 2 is 1.87 bits per heavy atom. The molecule has 1 N–H and O–H groups in total. The Morgan fingerprint density at radius 1 is 1.17 bits per heavy atom. The van der Waals surface area contributed by atoms with Gasteiger partial charge in [-0.1, -0.05) is 31.5 Å². The molecule has 3 atom stereocenters. The van der Waals surface area contributed by atoms with Crippen LogP contribution in [0, 0.1) is 0 Å². The van der Waals surface area contributed by atoms with E-state index in [1.807, 2.05) is 6.92 Å². The average molecular weight is 421 g/mol. The molecule has 1 aromatic carbocycles. The molecule has 1 aromatic rings. The van der Waals surface area contributed by atoms with E-state index in [1.54, 1.807) is 51.1 Å². The van der Waals surface area contributed by atoms with Crippen molar-refractivity contribution < 1.29 is 33.3 Å². The van der Waals surface area contributed by atoms with Crippen LogP contribution in [0.5, 0.6) is 0 Å². The fraction of sp³-hybridized carbons (Fsp3) is 0.591. The van der Waals surface area contributed by atoms with Gasteiger partial charge >= 0.3 is 12.1 Å². The number of hydrogen-bond donors (Lipinski definition) is 1. The van der Waals surface area contributed by atoms with Crippen LogP contribution in [0.3, 0.4) is 0 Å². The quantitative estimate of drug-likeness (QED) is 0.483. The third kappa shape index (κ3) is 7.42. The van der Waals surface area contributed by atoms with Crippen LogP contribution in [0.2, 0.25) is 0 Å². The number of rotatable bonds is 9. The van der Waals surface area contributed by atoms with Crippen LogP contribution in [-0.2, 0) is 23.7 Å². The van der Waals surface area contributed by atoms with Crippen LogP contribution in [0.4, 0.5) is 4.79 Å². The third-order valence-corrected chi connectivity index (χ3v) is 4.32. The number of nitrogens with one attached hydrogen (secondary N) is 1. The van der Waals surface area contributed by atoms with E-state index < -0.39 is 35.9 Å².